The SMILES string of the molecule is CN1CCN(c2ccc(-c3csc(Nc4cccc(C(=O)O)c4)n3)cc2)CC1. The third kappa shape index (κ3) is 4.16. The number of anilines is 3. The molecule has 28 heavy (non-hydrogen) atoms. The van der Waals surface area contributed by atoms with Crippen molar-refractivity contribution in [1.29, 1.82) is 0 Å². The zero-order valence-electron chi connectivity index (χ0n) is 15.6. The van der Waals surface area contributed by atoms with Crippen LogP contribution in [0.2, 0.25) is 0 Å². The predicted octanol–water partition coefficient (Wildman–Crippen LogP) is 4.00. The van der Waals surface area contributed by atoms with Crippen molar-refractivity contribution in [2.45, 2.75) is 0 Å². The van der Waals surface area contributed by atoms with Crippen LogP contribution in [0.1, 0.15) is 10.4 Å². The highest BCUT2D eigenvalue weighted by Crippen LogP contribution is 2.29. The molecule has 0 unspecified atom stereocenters. The summed E-state index contributed by atoms with van der Waals surface area (Å²) in [7, 11) is 2.16. The van der Waals surface area contributed by atoms with Gasteiger partial charge in [-0.2, -0.15) is 0 Å². The molecule has 1 fully saturated rings. The highest BCUT2D eigenvalue weighted by Gasteiger charge is 2.14. The van der Waals surface area contributed by atoms with E-state index in [0.29, 0.717) is 5.69 Å². The van der Waals surface area contributed by atoms with E-state index in [9.17, 15) is 4.79 Å². The number of aromatic carboxylic acids is 1. The third-order valence-electron chi connectivity index (χ3n) is 4.90. The summed E-state index contributed by atoms with van der Waals surface area (Å²) in [6.07, 6.45) is 0. The van der Waals surface area contributed by atoms with Gasteiger partial charge in [-0.15, -0.1) is 11.3 Å². The number of benzene rings is 2. The number of likely N-dealkylation sites (N-methyl/N-ethyl adjacent to an activating group) is 1. The second-order valence-electron chi connectivity index (χ2n) is 6.89. The number of carbonyl (C=O) groups is 1. The lowest BCUT2D eigenvalue weighted by molar-refractivity contribution is 0.0697. The Hall–Kier alpha value is -2.90. The van der Waals surface area contributed by atoms with Crippen LogP contribution in [0.25, 0.3) is 11.3 Å². The summed E-state index contributed by atoms with van der Waals surface area (Å²) in [5, 5.41) is 15.0. The van der Waals surface area contributed by atoms with E-state index in [1.807, 2.05) is 11.4 Å². The highest BCUT2D eigenvalue weighted by atomic mass is 32.1. The van der Waals surface area contributed by atoms with E-state index < -0.39 is 5.97 Å². The van der Waals surface area contributed by atoms with Crippen molar-refractivity contribution in [3.63, 3.8) is 0 Å². The number of thiazole rings is 1. The number of hydrogen-bond acceptors (Lipinski definition) is 6. The Morgan fingerprint density at radius 2 is 1.86 bits per heavy atom. The minimum atomic E-state index is -0.941. The smallest absolute Gasteiger partial charge is 0.335 e. The Balaban J connectivity index is 1.45. The van der Waals surface area contributed by atoms with Crippen molar-refractivity contribution < 1.29 is 9.90 Å². The third-order valence-corrected chi connectivity index (χ3v) is 5.65. The fourth-order valence-electron chi connectivity index (χ4n) is 3.22. The zero-order chi connectivity index (χ0) is 19.5. The summed E-state index contributed by atoms with van der Waals surface area (Å²) in [6.45, 7) is 4.28. The molecule has 2 N–H and O–H groups in total. The second-order valence-corrected chi connectivity index (χ2v) is 7.74. The lowest BCUT2D eigenvalue weighted by Gasteiger charge is -2.34. The molecule has 4 rings (SSSR count). The maximum absolute atomic E-state index is 11.1. The van der Waals surface area contributed by atoms with Gasteiger partial charge in [0.15, 0.2) is 5.13 Å². The molecule has 0 saturated carbocycles. The van der Waals surface area contributed by atoms with E-state index in [4.69, 9.17) is 5.11 Å². The summed E-state index contributed by atoms with van der Waals surface area (Å²) in [5.41, 5.74) is 4.19. The Kier molecular flexibility index (Phi) is 5.27. The number of aromatic nitrogens is 1. The normalized spacial score (nSPS) is 14.8. The first-order chi connectivity index (χ1) is 13.6. The quantitative estimate of drug-likeness (QED) is 0.682. The molecule has 1 saturated heterocycles. The number of piperazine rings is 1. The molecule has 0 radical (unpaired) electrons. The predicted molar refractivity (Wildman–Crippen MR) is 114 cm³/mol. The fourth-order valence-corrected chi connectivity index (χ4v) is 3.96. The van der Waals surface area contributed by atoms with E-state index in [1.54, 1.807) is 18.2 Å². The first kappa shape index (κ1) is 18.5. The Bertz CT molecular complexity index is 963. The van der Waals surface area contributed by atoms with E-state index in [0.717, 1.165) is 42.6 Å². The van der Waals surface area contributed by atoms with E-state index in [2.05, 4.69) is 51.4 Å². The topological polar surface area (TPSA) is 68.7 Å². The molecule has 1 aliphatic rings. The molecule has 1 aromatic heterocycles. The molecule has 0 amide bonds. The number of rotatable bonds is 5. The second kappa shape index (κ2) is 8.00. The lowest BCUT2D eigenvalue weighted by atomic mass is 10.1. The number of nitrogens with one attached hydrogen (secondary N) is 1. The average molecular weight is 395 g/mol. The largest absolute Gasteiger partial charge is 0.478 e. The number of carboxylic acids is 1. The van der Waals surface area contributed by atoms with E-state index >= 15 is 0 Å². The molecule has 2 aromatic carbocycles. The molecule has 6 nitrogen and oxygen atoms in total. The van der Waals surface area contributed by atoms with Gasteiger partial charge >= 0.3 is 5.97 Å². The van der Waals surface area contributed by atoms with Crippen LogP contribution in [-0.2, 0) is 0 Å². The standard InChI is InChI=1S/C21H22N4O2S/c1-24-9-11-25(12-10-24)18-7-5-15(6-8-18)19-14-28-21(23-19)22-17-4-2-3-16(13-17)20(26)27/h2-8,13-14H,9-12H2,1H3,(H,22,23)(H,26,27). The van der Waals surface area contributed by atoms with Crippen LogP contribution in [0.15, 0.2) is 53.9 Å². The first-order valence-corrected chi connectivity index (χ1v) is 10.1. The number of nitrogens with zero attached hydrogens (tertiary/aromatic N) is 3. The van der Waals surface area contributed by atoms with Gasteiger partial charge in [0.05, 0.1) is 11.3 Å². The number of carboxylic acid groups (broad SMARTS) is 1. The van der Waals surface area contributed by atoms with Gasteiger partial charge in [0.25, 0.3) is 0 Å². The van der Waals surface area contributed by atoms with Gasteiger partial charge in [-0.1, -0.05) is 18.2 Å². The van der Waals surface area contributed by atoms with E-state index in [-0.39, 0.29) is 5.56 Å². The average Bonchev–Trinajstić information content (AvgIpc) is 3.17. The van der Waals surface area contributed by atoms with Gasteiger partial charge in [0, 0.05) is 48.5 Å². The summed E-state index contributed by atoms with van der Waals surface area (Å²) in [5.74, 6) is -0.941. The van der Waals surface area contributed by atoms with Crippen LogP contribution in [0.3, 0.4) is 0 Å². The molecule has 1 aliphatic heterocycles. The maximum Gasteiger partial charge on any atom is 0.335 e. The molecular formula is C21H22N4O2S. The zero-order valence-corrected chi connectivity index (χ0v) is 16.4. The van der Waals surface area contributed by atoms with Gasteiger partial charge in [-0.3, -0.25) is 0 Å². The fraction of sp³-hybridized carbons (Fsp3) is 0.238. The molecule has 3 aromatic rings. The lowest BCUT2D eigenvalue weighted by Crippen LogP contribution is -2.44. The Morgan fingerprint density at radius 1 is 1.11 bits per heavy atom. The summed E-state index contributed by atoms with van der Waals surface area (Å²) < 4.78 is 0. The van der Waals surface area contributed by atoms with Crippen LogP contribution in [0.5, 0.6) is 0 Å². The molecule has 0 aliphatic carbocycles. The van der Waals surface area contributed by atoms with Crippen molar-refractivity contribution in [2.75, 3.05) is 43.4 Å². The Labute approximate surface area is 168 Å². The monoisotopic (exact) mass is 394 g/mol. The number of hydrogen-bond donors (Lipinski definition) is 2. The van der Waals surface area contributed by atoms with Gasteiger partial charge in [0.2, 0.25) is 0 Å². The molecule has 7 heteroatoms. The van der Waals surface area contributed by atoms with Crippen LogP contribution >= 0.6 is 11.3 Å². The summed E-state index contributed by atoms with van der Waals surface area (Å²) >= 11 is 1.50. The van der Waals surface area contributed by atoms with Gasteiger partial charge in [-0.05, 0) is 37.4 Å². The van der Waals surface area contributed by atoms with Gasteiger partial charge < -0.3 is 20.2 Å². The molecule has 0 bridgehead atoms. The van der Waals surface area contributed by atoms with Crippen molar-refractivity contribution in [3.8, 4) is 11.3 Å². The minimum absolute atomic E-state index is 0.251. The van der Waals surface area contributed by atoms with Crippen molar-refractivity contribution in [1.82, 2.24) is 9.88 Å². The van der Waals surface area contributed by atoms with Gasteiger partial charge in [0.1, 0.15) is 0 Å². The van der Waals surface area contributed by atoms with Crippen LogP contribution in [0, 0.1) is 0 Å². The maximum atomic E-state index is 11.1. The minimum Gasteiger partial charge on any atom is -0.478 e. The molecule has 0 spiro atoms. The van der Waals surface area contributed by atoms with Crippen molar-refractivity contribution in [2.24, 2.45) is 0 Å². The summed E-state index contributed by atoms with van der Waals surface area (Å²) in [4.78, 5) is 20.5. The first-order valence-electron chi connectivity index (χ1n) is 9.18. The van der Waals surface area contributed by atoms with Gasteiger partial charge in [-0.25, -0.2) is 9.78 Å². The molecule has 0 atom stereocenters. The molecular weight excluding hydrogens is 372 g/mol. The summed E-state index contributed by atoms with van der Waals surface area (Å²) in [6, 6.07) is 15.3. The van der Waals surface area contributed by atoms with E-state index in [1.165, 1.54) is 17.0 Å². The van der Waals surface area contributed by atoms with Crippen molar-refractivity contribution in [3.05, 3.63) is 59.5 Å². The Morgan fingerprint density at radius 3 is 2.57 bits per heavy atom. The van der Waals surface area contributed by atoms with Crippen LogP contribution in [0.4, 0.5) is 16.5 Å². The van der Waals surface area contributed by atoms with Crippen LogP contribution in [-0.4, -0.2) is 54.2 Å². The molecule has 2 heterocycles. The molecule has 144 valence electrons. The van der Waals surface area contributed by atoms with Crippen molar-refractivity contribution >= 4 is 33.8 Å². The highest BCUT2D eigenvalue weighted by molar-refractivity contribution is 7.14. The van der Waals surface area contributed by atoms with Crippen LogP contribution < -0.4 is 10.2 Å².